The van der Waals surface area contributed by atoms with Crippen LogP contribution in [-0.4, -0.2) is 27.5 Å². The molecule has 0 fully saturated rings. The molecule has 0 aliphatic heterocycles. The van der Waals surface area contributed by atoms with Crippen molar-refractivity contribution in [2.24, 2.45) is 0 Å². The van der Waals surface area contributed by atoms with E-state index in [4.69, 9.17) is 0 Å². The van der Waals surface area contributed by atoms with Crippen molar-refractivity contribution in [2.75, 3.05) is 21.3 Å². The van der Waals surface area contributed by atoms with Crippen LogP contribution in [-0.2, 0) is 4.37 Å². The van der Waals surface area contributed by atoms with E-state index >= 15 is 35.1 Å². The van der Waals surface area contributed by atoms with Gasteiger partial charge in [-0.3, -0.25) is 0 Å². The monoisotopic (exact) mass is 740 g/mol. The third-order valence-electron chi connectivity index (χ3n) is 6.71. The minimum absolute atomic E-state index is 1.92. The molecule has 4 aromatic carbocycles. The summed E-state index contributed by atoms with van der Waals surface area (Å²) in [6.07, 6.45) is -7.22. The average Bonchev–Trinajstić information content (AvgIpc) is 3.04. The fraction of sp³-hybridized carbons (Fsp3) is 0.111. The number of rotatable bonds is 4. The van der Waals surface area contributed by atoms with Crippen LogP contribution in [0.5, 0.6) is 0 Å². The summed E-state index contributed by atoms with van der Waals surface area (Å²) in [5.74, 6) is -71.4. The van der Waals surface area contributed by atoms with E-state index in [1.54, 1.807) is 0 Å². The van der Waals surface area contributed by atoms with Crippen LogP contribution in [0.15, 0.2) is 0 Å². The molecule has 0 aliphatic rings. The average molecular weight is 740 g/mol. The van der Waals surface area contributed by atoms with Crippen LogP contribution < -0.4 is 21.9 Å². The van der Waals surface area contributed by atoms with E-state index in [9.17, 15) is 52.7 Å². The lowest BCUT2D eigenvalue weighted by atomic mass is 9.12. The van der Waals surface area contributed by atoms with Gasteiger partial charge in [0.25, 0.3) is 0 Å². The largest absolute Gasteiger partial charge is 0.429 e. The third kappa shape index (κ3) is 5.62. The second-order valence-corrected chi connectivity index (χ2v) is 10.0. The Morgan fingerprint density at radius 1 is 0.224 bits per heavy atom. The van der Waals surface area contributed by atoms with Gasteiger partial charge in [-0.2, -0.15) is 0 Å². The Labute approximate surface area is 258 Å². The highest BCUT2D eigenvalue weighted by atomic mass is 19.2. The molecule has 0 bridgehead atoms. The first kappa shape index (κ1) is 38.9. The number of benzene rings is 4. The van der Waals surface area contributed by atoms with Crippen molar-refractivity contribution in [3.05, 3.63) is 116 Å². The molecule has 0 saturated heterocycles. The van der Waals surface area contributed by atoms with Crippen LogP contribution in [0.2, 0.25) is 0 Å². The molecular formula is C27H9BF20O. The smallest absolute Gasteiger partial charge is 0.200 e. The normalized spacial score (nSPS) is 11.8. The van der Waals surface area contributed by atoms with Crippen molar-refractivity contribution >= 4 is 28.0 Å². The second kappa shape index (κ2) is 13.4. The molecule has 266 valence electrons. The predicted octanol–water partition coefficient (Wildman–Crippen LogP) is 6.27. The molecule has 0 radical (unpaired) electrons. The maximum Gasteiger partial charge on any atom is 0.200 e. The van der Waals surface area contributed by atoms with Gasteiger partial charge in [-0.15, -0.1) is 21.9 Å². The molecule has 49 heavy (non-hydrogen) atoms. The van der Waals surface area contributed by atoms with Gasteiger partial charge in [0.05, 0.1) is 0 Å². The highest BCUT2D eigenvalue weighted by molar-refractivity contribution is 7.20. The van der Waals surface area contributed by atoms with E-state index in [1.165, 1.54) is 0 Å². The van der Waals surface area contributed by atoms with Gasteiger partial charge in [-0.1, -0.05) is 0 Å². The van der Waals surface area contributed by atoms with Crippen molar-refractivity contribution < 1.29 is 92.2 Å². The molecule has 0 amide bonds. The molecule has 1 nitrogen and oxygen atoms in total. The molecule has 22 heteroatoms. The third-order valence-corrected chi connectivity index (χ3v) is 6.71. The lowest BCUT2D eigenvalue weighted by molar-refractivity contribution is -0.00282. The zero-order valence-electron chi connectivity index (χ0n) is 23.5. The molecule has 4 aromatic rings. The number of hydrogen-bond donors (Lipinski definition) is 0. The highest BCUT2D eigenvalue weighted by Crippen LogP contribution is 2.30. The molecule has 0 saturated carbocycles. The Kier molecular flexibility index (Phi) is 10.7. The van der Waals surface area contributed by atoms with Gasteiger partial charge in [0.1, 0.15) is 74.0 Å². The van der Waals surface area contributed by atoms with E-state index < -0.39 is 144 Å². The lowest BCUT2D eigenvalue weighted by Gasteiger charge is -2.44. The fourth-order valence-corrected chi connectivity index (χ4v) is 4.87. The molecule has 0 N–H and O–H groups in total. The summed E-state index contributed by atoms with van der Waals surface area (Å²) in [5.41, 5.74) is -14.3. The van der Waals surface area contributed by atoms with Gasteiger partial charge in [-0.25, -0.2) is 87.8 Å². The first-order chi connectivity index (χ1) is 22.4. The standard InChI is InChI=1S/C24BF20.C3H9O/c26-5-1(6(27)14(35)21(42)13(5)34)25(2-7(28)15(36)22(43)16(37)8(2)29,3-9(30)17(38)23(44)18(39)10(3)31)4-11(32)19(40)24(45)20(41)12(4)33;1-4(2)3/h;1-3H3/q-1;+1. The summed E-state index contributed by atoms with van der Waals surface area (Å²) in [7, 11) is 5.75. The Morgan fingerprint density at radius 2 is 0.306 bits per heavy atom. The van der Waals surface area contributed by atoms with Gasteiger partial charge < -0.3 is 4.37 Å². The van der Waals surface area contributed by atoms with Crippen molar-refractivity contribution in [3.63, 3.8) is 0 Å². The van der Waals surface area contributed by atoms with Gasteiger partial charge in [-0.05, 0) is 0 Å². The summed E-state index contributed by atoms with van der Waals surface area (Å²) in [4.78, 5) is 0. The molecule has 0 heterocycles. The van der Waals surface area contributed by atoms with Gasteiger partial charge in [0, 0.05) is 0 Å². The summed E-state index contributed by atoms with van der Waals surface area (Å²) in [6.45, 7) is 0. The fourth-order valence-electron chi connectivity index (χ4n) is 4.87. The van der Waals surface area contributed by atoms with Gasteiger partial charge in [0.2, 0.25) is 0 Å². The lowest BCUT2D eigenvalue weighted by Crippen LogP contribution is -2.81. The summed E-state index contributed by atoms with van der Waals surface area (Å²) in [5, 5.41) is 0. The Balaban J connectivity index is 0.00000154. The quantitative estimate of drug-likeness (QED) is 0.0764. The van der Waals surface area contributed by atoms with E-state index in [0.717, 1.165) is 0 Å². The van der Waals surface area contributed by atoms with Crippen molar-refractivity contribution in [2.45, 2.75) is 0 Å². The van der Waals surface area contributed by atoms with E-state index in [-0.39, 0.29) is 0 Å². The maximum absolute atomic E-state index is 15.4. The number of hydrogen-bond acceptors (Lipinski definition) is 0. The second-order valence-electron chi connectivity index (χ2n) is 10.0. The van der Waals surface area contributed by atoms with E-state index in [1.807, 2.05) is 21.3 Å². The van der Waals surface area contributed by atoms with Crippen LogP contribution in [0.1, 0.15) is 0 Å². The molecule has 4 rings (SSSR count). The highest BCUT2D eigenvalue weighted by Gasteiger charge is 2.52. The van der Waals surface area contributed by atoms with Crippen LogP contribution >= 0.6 is 0 Å². The maximum atomic E-state index is 15.4. The number of halogens is 20. The van der Waals surface area contributed by atoms with Gasteiger partial charge >= 0.3 is 0 Å². The van der Waals surface area contributed by atoms with E-state index in [0.29, 0.717) is 0 Å². The van der Waals surface area contributed by atoms with Crippen LogP contribution in [0, 0.1) is 116 Å². The van der Waals surface area contributed by atoms with Gasteiger partial charge in [0.15, 0.2) is 69.8 Å². The minimum atomic E-state index is -7.22. The first-order valence-corrected chi connectivity index (χ1v) is 12.2. The topological polar surface area (TPSA) is 2.70 Å². The van der Waals surface area contributed by atoms with Crippen molar-refractivity contribution in [1.82, 2.24) is 0 Å². The molecule has 0 unspecified atom stereocenters. The SMILES string of the molecule is C[O+](C)C.Fc1c(F)c(F)c([B-](c2c(F)c(F)c(F)c(F)c2F)(c2c(F)c(F)c(F)c(F)c2F)c2c(F)c(F)c(F)c(F)c2F)c(F)c1F. The molecule has 0 atom stereocenters. The van der Waals surface area contributed by atoms with Crippen molar-refractivity contribution in [1.29, 1.82) is 0 Å². The van der Waals surface area contributed by atoms with Crippen LogP contribution in [0.3, 0.4) is 0 Å². The predicted molar refractivity (Wildman–Crippen MR) is 128 cm³/mol. The Morgan fingerprint density at radius 3 is 0.408 bits per heavy atom. The summed E-state index contributed by atoms with van der Waals surface area (Å²) < 4.78 is 297. The van der Waals surface area contributed by atoms with Crippen molar-refractivity contribution in [3.8, 4) is 0 Å². The molecule has 0 spiro atoms. The van der Waals surface area contributed by atoms with E-state index in [2.05, 4.69) is 4.37 Å². The molecule has 0 aromatic heterocycles. The first-order valence-electron chi connectivity index (χ1n) is 12.2. The summed E-state index contributed by atoms with van der Waals surface area (Å²) >= 11 is 0. The Hall–Kier alpha value is -4.50. The zero-order valence-corrected chi connectivity index (χ0v) is 23.5. The summed E-state index contributed by atoms with van der Waals surface area (Å²) in [6, 6.07) is 0. The minimum Gasteiger partial charge on any atom is -0.429 e. The molecule has 0 aliphatic carbocycles. The zero-order chi connectivity index (χ0) is 37.9. The Bertz CT molecular complexity index is 1630. The van der Waals surface area contributed by atoms with Crippen LogP contribution in [0.25, 0.3) is 0 Å². The van der Waals surface area contributed by atoms with Crippen LogP contribution in [0.4, 0.5) is 87.8 Å². The molecular weight excluding hydrogens is 731 g/mol.